The molecule has 68 valence electrons. The number of nitrogens with two attached hydrogens (primary N) is 1. The third-order valence-corrected chi connectivity index (χ3v) is 2.46. The second-order valence-electron chi connectivity index (χ2n) is 2.32. The maximum atomic E-state index is 10.8. The van der Waals surface area contributed by atoms with Gasteiger partial charge in [0.05, 0.1) is 0 Å². The Labute approximate surface area is 77.4 Å². The van der Waals surface area contributed by atoms with E-state index in [1.54, 1.807) is 10.8 Å². The highest BCUT2D eigenvalue weighted by Crippen LogP contribution is 1.98. The summed E-state index contributed by atoms with van der Waals surface area (Å²) in [4.78, 5) is 0. The molecule has 0 aliphatic carbocycles. The summed E-state index contributed by atoms with van der Waals surface area (Å²) < 4.78 is 12.8. The normalized spacial score (nSPS) is 13.1. The van der Waals surface area contributed by atoms with Crippen LogP contribution >= 0.6 is 12.2 Å². The highest BCUT2D eigenvalue weighted by Gasteiger charge is 2.01. The van der Waals surface area contributed by atoms with E-state index in [1.165, 1.54) is 0 Å². The molecular weight excluding hydrogens is 196 g/mol. The number of nitrogens with zero attached hydrogens (tertiary/aromatic N) is 2. The van der Waals surface area contributed by atoms with E-state index in [-0.39, 0.29) is 0 Å². The van der Waals surface area contributed by atoms with Crippen molar-refractivity contribution in [1.29, 1.82) is 0 Å². The third-order valence-electron chi connectivity index (χ3n) is 1.39. The molecular formula is C5H10N4OS2. The zero-order chi connectivity index (χ0) is 9.14. The standard InChI is InChI=1S/C5H10N4OS2/c1-12(10)3-2-9-4(6)7-8-5(9)11/h2-3H2,1H3,(H2,6,7)(H,8,11). The number of rotatable bonds is 3. The van der Waals surface area contributed by atoms with Crippen molar-refractivity contribution in [3.63, 3.8) is 0 Å². The van der Waals surface area contributed by atoms with Gasteiger partial charge in [0.15, 0.2) is 4.77 Å². The average molecular weight is 206 g/mol. The van der Waals surface area contributed by atoms with Crippen LogP contribution in [-0.2, 0) is 17.3 Å². The summed E-state index contributed by atoms with van der Waals surface area (Å²) in [5.41, 5.74) is 5.48. The molecule has 1 aromatic rings. The molecule has 0 spiro atoms. The molecule has 0 aliphatic rings. The molecule has 0 fully saturated rings. The van der Waals surface area contributed by atoms with Crippen LogP contribution in [-0.4, -0.2) is 31.0 Å². The van der Waals surface area contributed by atoms with Gasteiger partial charge in [-0.25, -0.2) is 5.10 Å². The largest absolute Gasteiger partial charge is 0.368 e. The number of nitrogens with one attached hydrogen (secondary N) is 1. The van der Waals surface area contributed by atoms with Crippen LogP contribution in [0.15, 0.2) is 0 Å². The van der Waals surface area contributed by atoms with Gasteiger partial charge in [-0.1, -0.05) is 0 Å². The smallest absolute Gasteiger partial charge is 0.220 e. The Morgan fingerprint density at radius 2 is 2.50 bits per heavy atom. The lowest BCUT2D eigenvalue weighted by Gasteiger charge is -2.00. The fourth-order valence-electron chi connectivity index (χ4n) is 0.766. The minimum absolute atomic E-state index is 0.338. The van der Waals surface area contributed by atoms with Gasteiger partial charge < -0.3 is 5.73 Å². The van der Waals surface area contributed by atoms with E-state index < -0.39 is 10.8 Å². The van der Waals surface area contributed by atoms with E-state index in [1.807, 2.05) is 0 Å². The van der Waals surface area contributed by atoms with Crippen molar-refractivity contribution in [3.8, 4) is 0 Å². The second kappa shape index (κ2) is 3.81. The molecule has 12 heavy (non-hydrogen) atoms. The number of hydrogen-bond acceptors (Lipinski definition) is 4. The fourth-order valence-corrected chi connectivity index (χ4v) is 1.44. The number of anilines is 1. The van der Waals surface area contributed by atoms with Gasteiger partial charge in [0.25, 0.3) is 0 Å². The first-order chi connectivity index (χ1) is 5.61. The third kappa shape index (κ3) is 2.15. The molecule has 1 heterocycles. The zero-order valence-corrected chi connectivity index (χ0v) is 8.24. The Bertz CT molecular complexity index is 341. The summed E-state index contributed by atoms with van der Waals surface area (Å²) >= 11 is 4.89. The van der Waals surface area contributed by atoms with E-state index in [0.717, 1.165) is 0 Å². The molecule has 1 aromatic heterocycles. The number of aromatic amines is 1. The first-order valence-electron chi connectivity index (χ1n) is 3.32. The molecule has 3 N–H and O–H groups in total. The van der Waals surface area contributed by atoms with Gasteiger partial charge in [-0.3, -0.25) is 8.78 Å². The predicted octanol–water partition coefficient (Wildman–Crippen LogP) is -0.0986. The Balaban J connectivity index is 2.75. The Hall–Kier alpha value is -0.690. The first kappa shape index (κ1) is 9.40. The van der Waals surface area contributed by atoms with Crippen LogP contribution in [0.25, 0.3) is 0 Å². The van der Waals surface area contributed by atoms with Crippen molar-refractivity contribution >= 4 is 29.0 Å². The van der Waals surface area contributed by atoms with E-state index in [0.29, 0.717) is 23.0 Å². The number of H-pyrrole nitrogens is 1. The Kier molecular flexibility index (Phi) is 2.99. The zero-order valence-electron chi connectivity index (χ0n) is 6.61. The molecule has 0 amide bonds. The monoisotopic (exact) mass is 206 g/mol. The highest BCUT2D eigenvalue weighted by atomic mass is 32.2. The maximum Gasteiger partial charge on any atom is 0.220 e. The minimum Gasteiger partial charge on any atom is -0.368 e. The first-order valence-corrected chi connectivity index (χ1v) is 5.45. The van der Waals surface area contributed by atoms with E-state index in [4.69, 9.17) is 18.0 Å². The summed E-state index contributed by atoms with van der Waals surface area (Å²) in [5, 5.41) is 6.27. The quantitative estimate of drug-likeness (QED) is 0.677. The molecule has 1 atom stereocenters. The number of aromatic nitrogens is 3. The molecule has 0 bridgehead atoms. The fraction of sp³-hybridized carbons (Fsp3) is 0.600. The van der Waals surface area contributed by atoms with Crippen molar-refractivity contribution in [2.75, 3.05) is 17.7 Å². The van der Waals surface area contributed by atoms with Crippen molar-refractivity contribution in [1.82, 2.24) is 14.8 Å². The number of nitrogen functional groups attached to an aromatic ring is 1. The van der Waals surface area contributed by atoms with Crippen LogP contribution in [0.2, 0.25) is 0 Å². The van der Waals surface area contributed by atoms with Gasteiger partial charge in [0.2, 0.25) is 5.95 Å². The summed E-state index contributed by atoms with van der Waals surface area (Å²) in [6.45, 7) is 0.546. The van der Waals surface area contributed by atoms with Crippen molar-refractivity contribution in [2.24, 2.45) is 0 Å². The van der Waals surface area contributed by atoms with E-state index in [9.17, 15) is 4.21 Å². The van der Waals surface area contributed by atoms with Crippen molar-refractivity contribution in [3.05, 3.63) is 4.77 Å². The maximum absolute atomic E-state index is 10.8. The molecule has 0 saturated carbocycles. The second-order valence-corrected chi connectivity index (χ2v) is 4.26. The summed E-state index contributed by atoms with van der Waals surface area (Å²) in [6, 6.07) is 0. The van der Waals surface area contributed by atoms with Crippen LogP contribution in [0.4, 0.5) is 5.95 Å². The Morgan fingerprint density at radius 3 is 2.92 bits per heavy atom. The van der Waals surface area contributed by atoms with Gasteiger partial charge in [-0.05, 0) is 12.2 Å². The highest BCUT2D eigenvalue weighted by molar-refractivity contribution is 7.84. The van der Waals surface area contributed by atoms with Crippen LogP contribution in [0.1, 0.15) is 0 Å². The lowest BCUT2D eigenvalue weighted by atomic mass is 10.7. The molecule has 0 aliphatic heterocycles. The molecule has 1 unspecified atom stereocenters. The topological polar surface area (TPSA) is 76.7 Å². The molecule has 1 rings (SSSR count). The summed E-state index contributed by atoms with van der Waals surface area (Å²) in [6.07, 6.45) is 1.64. The van der Waals surface area contributed by atoms with Crippen LogP contribution < -0.4 is 5.73 Å². The molecule has 7 heteroatoms. The Morgan fingerprint density at radius 1 is 1.83 bits per heavy atom. The lowest BCUT2D eigenvalue weighted by molar-refractivity contribution is 0.677. The number of hydrogen-bond donors (Lipinski definition) is 2. The average Bonchev–Trinajstić information content (AvgIpc) is 2.28. The van der Waals surface area contributed by atoms with Gasteiger partial charge in [-0.15, -0.1) is 5.10 Å². The van der Waals surface area contributed by atoms with Crippen molar-refractivity contribution in [2.45, 2.75) is 6.54 Å². The van der Waals surface area contributed by atoms with Crippen LogP contribution in [0.5, 0.6) is 0 Å². The van der Waals surface area contributed by atoms with E-state index in [2.05, 4.69) is 10.2 Å². The SMILES string of the molecule is CS(=O)CCn1c(N)n[nH]c1=S. The van der Waals surface area contributed by atoms with Crippen molar-refractivity contribution < 1.29 is 4.21 Å². The molecule has 0 aromatic carbocycles. The van der Waals surface area contributed by atoms with Gasteiger partial charge in [0, 0.05) is 29.4 Å². The van der Waals surface area contributed by atoms with Gasteiger partial charge in [-0.2, -0.15) is 0 Å². The lowest BCUT2D eigenvalue weighted by Crippen LogP contribution is -2.09. The van der Waals surface area contributed by atoms with Gasteiger partial charge >= 0.3 is 0 Å². The van der Waals surface area contributed by atoms with E-state index >= 15 is 0 Å². The molecule has 0 radical (unpaired) electrons. The summed E-state index contributed by atoms with van der Waals surface area (Å²) in [5.74, 6) is 0.878. The molecule has 5 nitrogen and oxygen atoms in total. The van der Waals surface area contributed by atoms with Crippen LogP contribution in [0.3, 0.4) is 0 Å². The van der Waals surface area contributed by atoms with Gasteiger partial charge in [0.1, 0.15) is 0 Å². The van der Waals surface area contributed by atoms with Crippen LogP contribution in [0, 0.1) is 4.77 Å². The minimum atomic E-state index is -0.831. The summed E-state index contributed by atoms with van der Waals surface area (Å²) in [7, 11) is -0.831. The predicted molar refractivity (Wildman–Crippen MR) is 50.8 cm³/mol. The molecule has 0 saturated heterocycles.